The number of carbonyl (C=O) groups is 2. The van der Waals surface area contributed by atoms with Crippen LogP contribution in [0.4, 0.5) is 4.79 Å². The Morgan fingerprint density at radius 2 is 2.33 bits per heavy atom. The molecule has 0 spiro atoms. The Morgan fingerprint density at radius 3 is 2.96 bits per heavy atom. The number of hydrogen-bond donors (Lipinski definition) is 3. The van der Waals surface area contributed by atoms with E-state index in [2.05, 4.69) is 16.7 Å². The summed E-state index contributed by atoms with van der Waals surface area (Å²) in [6.45, 7) is 6.54. The van der Waals surface area contributed by atoms with E-state index in [0.717, 1.165) is 43.9 Å². The molecule has 2 heterocycles. The van der Waals surface area contributed by atoms with Crippen molar-refractivity contribution in [3.8, 4) is 0 Å². The normalized spacial score (nSPS) is 19.7. The van der Waals surface area contributed by atoms with Crippen molar-refractivity contribution in [2.45, 2.75) is 51.8 Å². The molecule has 6 nitrogen and oxygen atoms in total. The van der Waals surface area contributed by atoms with Gasteiger partial charge in [0.05, 0.1) is 4.88 Å². The molecule has 3 N–H and O–H groups in total. The average Bonchev–Trinajstić information content (AvgIpc) is 3.20. The predicted molar refractivity (Wildman–Crippen MR) is 94.1 cm³/mol. The first-order valence-electron chi connectivity index (χ1n) is 8.64. The summed E-state index contributed by atoms with van der Waals surface area (Å²) in [5, 5.41) is 7.22. The van der Waals surface area contributed by atoms with Crippen LogP contribution in [-0.4, -0.2) is 43.8 Å². The van der Waals surface area contributed by atoms with E-state index < -0.39 is 6.03 Å². The lowest BCUT2D eigenvalue weighted by Gasteiger charge is -2.21. The quantitative estimate of drug-likeness (QED) is 0.650. The molecule has 1 aromatic rings. The summed E-state index contributed by atoms with van der Waals surface area (Å²) in [6.07, 6.45) is 3.17. The maximum atomic E-state index is 12.2. The third-order valence-electron chi connectivity index (χ3n) is 4.20. The molecule has 1 unspecified atom stereocenters. The SMILES string of the molecule is CC[C@H](C)NC(=O)NC(=O)C[NH+](Cc1cccs1)C[C@@H]1CCCO1. The van der Waals surface area contributed by atoms with Crippen LogP contribution < -0.4 is 15.5 Å². The fourth-order valence-electron chi connectivity index (χ4n) is 2.75. The molecule has 1 aromatic heterocycles. The number of carbonyl (C=O) groups excluding carboxylic acids is 2. The van der Waals surface area contributed by atoms with Gasteiger partial charge in [0.2, 0.25) is 0 Å². The topological polar surface area (TPSA) is 71.9 Å². The monoisotopic (exact) mass is 354 g/mol. The maximum absolute atomic E-state index is 12.2. The minimum absolute atomic E-state index is 0.0549. The van der Waals surface area contributed by atoms with Crippen LogP contribution in [0.2, 0.25) is 0 Å². The van der Waals surface area contributed by atoms with E-state index in [1.807, 2.05) is 25.3 Å². The Hall–Kier alpha value is -1.44. The second-order valence-electron chi connectivity index (χ2n) is 6.35. The van der Waals surface area contributed by atoms with Crippen molar-refractivity contribution in [2.24, 2.45) is 0 Å². The van der Waals surface area contributed by atoms with Crippen molar-refractivity contribution >= 4 is 23.3 Å². The highest BCUT2D eigenvalue weighted by Crippen LogP contribution is 2.10. The van der Waals surface area contributed by atoms with Gasteiger partial charge in [0.1, 0.15) is 19.2 Å². The molecule has 1 aliphatic heterocycles. The maximum Gasteiger partial charge on any atom is 0.321 e. The second-order valence-corrected chi connectivity index (χ2v) is 7.39. The van der Waals surface area contributed by atoms with Crippen LogP contribution in [0.25, 0.3) is 0 Å². The lowest BCUT2D eigenvalue weighted by Crippen LogP contribution is -3.13. The smallest absolute Gasteiger partial charge is 0.321 e. The molecule has 24 heavy (non-hydrogen) atoms. The van der Waals surface area contributed by atoms with Crippen molar-refractivity contribution in [2.75, 3.05) is 19.7 Å². The largest absolute Gasteiger partial charge is 0.372 e. The molecular weight excluding hydrogens is 326 g/mol. The molecule has 1 aliphatic rings. The first-order chi connectivity index (χ1) is 11.6. The lowest BCUT2D eigenvalue weighted by molar-refractivity contribution is -0.908. The summed E-state index contributed by atoms with van der Waals surface area (Å²) >= 11 is 1.69. The number of imide groups is 1. The third kappa shape index (κ3) is 6.59. The molecule has 7 heteroatoms. The van der Waals surface area contributed by atoms with Gasteiger partial charge >= 0.3 is 6.03 Å². The average molecular weight is 354 g/mol. The van der Waals surface area contributed by atoms with Crippen LogP contribution in [0.5, 0.6) is 0 Å². The van der Waals surface area contributed by atoms with E-state index in [-0.39, 0.29) is 24.6 Å². The van der Waals surface area contributed by atoms with Gasteiger partial charge in [0.15, 0.2) is 6.54 Å². The summed E-state index contributed by atoms with van der Waals surface area (Å²) in [7, 11) is 0. The van der Waals surface area contributed by atoms with Crippen molar-refractivity contribution < 1.29 is 19.2 Å². The fourth-order valence-corrected chi connectivity index (χ4v) is 3.53. The van der Waals surface area contributed by atoms with E-state index in [4.69, 9.17) is 4.74 Å². The summed E-state index contributed by atoms with van der Waals surface area (Å²) < 4.78 is 5.70. The molecule has 1 fully saturated rings. The Labute approximate surface area is 147 Å². The number of urea groups is 1. The predicted octanol–water partition coefficient (Wildman–Crippen LogP) is 0.936. The molecule has 3 amide bonds. The third-order valence-corrected chi connectivity index (χ3v) is 5.07. The van der Waals surface area contributed by atoms with Crippen LogP contribution in [-0.2, 0) is 16.1 Å². The minimum Gasteiger partial charge on any atom is -0.372 e. The van der Waals surface area contributed by atoms with Crippen molar-refractivity contribution in [1.29, 1.82) is 0 Å². The Morgan fingerprint density at radius 1 is 1.50 bits per heavy atom. The zero-order valence-electron chi connectivity index (χ0n) is 14.5. The van der Waals surface area contributed by atoms with Gasteiger partial charge in [-0.25, -0.2) is 4.79 Å². The van der Waals surface area contributed by atoms with Crippen LogP contribution in [0.1, 0.15) is 38.0 Å². The number of rotatable bonds is 8. The Balaban J connectivity index is 1.85. The number of nitrogens with one attached hydrogen (secondary N) is 3. The van der Waals surface area contributed by atoms with Gasteiger partial charge in [0.25, 0.3) is 5.91 Å². The van der Waals surface area contributed by atoms with Gasteiger partial charge in [-0.15, -0.1) is 11.3 Å². The van der Waals surface area contributed by atoms with Crippen LogP contribution in [0.15, 0.2) is 17.5 Å². The standard InChI is InChI=1S/C17H27N3O3S/c1-3-13(2)18-17(22)19-16(21)12-20(10-14-6-4-8-23-14)11-15-7-5-9-24-15/h5,7,9,13-14H,3-4,6,8,10-12H2,1-2H3,(H2,18,19,21,22)/p+1/t13-,14-/m0/s1. The van der Waals surface area contributed by atoms with Crippen molar-refractivity contribution in [3.05, 3.63) is 22.4 Å². The molecule has 0 saturated carbocycles. The fraction of sp³-hybridized carbons (Fsp3) is 0.647. The van der Waals surface area contributed by atoms with Crippen LogP contribution >= 0.6 is 11.3 Å². The summed E-state index contributed by atoms with van der Waals surface area (Å²) in [5.41, 5.74) is 0. The minimum atomic E-state index is -0.415. The molecule has 0 bridgehead atoms. The summed E-state index contributed by atoms with van der Waals surface area (Å²) in [4.78, 5) is 26.4. The Bertz CT molecular complexity index is 515. The van der Waals surface area contributed by atoms with E-state index in [9.17, 15) is 9.59 Å². The summed E-state index contributed by atoms with van der Waals surface area (Å²) in [6, 6.07) is 3.73. The summed E-state index contributed by atoms with van der Waals surface area (Å²) in [5.74, 6) is -0.250. The van der Waals surface area contributed by atoms with Crippen molar-refractivity contribution in [1.82, 2.24) is 10.6 Å². The van der Waals surface area contributed by atoms with Gasteiger partial charge in [-0.05, 0) is 37.6 Å². The first kappa shape index (κ1) is 18.9. The van der Waals surface area contributed by atoms with E-state index >= 15 is 0 Å². The van der Waals surface area contributed by atoms with E-state index in [0.29, 0.717) is 0 Å². The molecule has 0 radical (unpaired) electrons. The molecule has 0 aromatic carbocycles. The first-order valence-corrected chi connectivity index (χ1v) is 9.52. The van der Waals surface area contributed by atoms with Crippen LogP contribution in [0.3, 0.4) is 0 Å². The van der Waals surface area contributed by atoms with Gasteiger partial charge in [-0.1, -0.05) is 13.0 Å². The second kappa shape index (κ2) is 9.76. The van der Waals surface area contributed by atoms with E-state index in [1.165, 1.54) is 4.88 Å². The highest BCUT2D eigenvalue weighted by Gasteiger charge is 2.25. The van der Waals surface area contributed by atoms with Gasteiger partial charge < -0.3 is 15.0 Å². The lowest BCUT2D eigenvalue weighted by atomic mass is 10.2. The molecule has 3 atom stereocenters. The molecular formula is C17H28N3O3S+. The molecule has 0 aliphatic carbocycles. The molecule has 2 rings (SSSR count). The number of quaternary nitrogens is 1. The Kier molecular flexibility index (Phi) is 7.68. The van der Waals surface area contributed by atoms with Crippen LogP contribution in [0, 0.1) is 0 Å². The number of amides is 3. The highest BCUT2D eigenvalue weighted by molar-refractivity contribution is 7.09. The molecule has 134 valence electrons. The van der Waals surface area contributed by atoms with Gasteiger partial charge in [-0.2, -0.15) is 0 Å². The zero-order chi connectivity index (χ0) is 17.4. The number of hydrogen-bond acceptors (Lipinski definition) is 4. The number of ether oxygens (including phenoxy) is 1. The number of thiophene rings is 1. The van der Waals surface area contributed by atoms with E-state index in [1.54, 1.807) is 11.3 Å². The molecule has 1 saturated heterocycles. The van der Waals surface area contributed by atoms with Gasteiger partial charge in [-0.3, -0.25) is 10.1 Å². The highest BCUT2D eigenvalue weighted by atomic mass is 32.1. The van der Waals surface area contributed by atoms with Gasteiger partial charge in [0, 0.05) is 12.6 Å². The van der Waals surface area contributed by atoms with Crippen molar-refractivity contribution in [3.63, 3.8) is 0 Å². The zero-order valence-corrected chi connectivity index (χ0v) is 15.3.